The fourth-order valence-electron chi connectivity index (χ4n) is 6.74. The van der Waals surface area contributed by atoms with Crippen LogP contribution in [0.5, 0.6) is 5.75 Å². The van der Waals surface area contributed by atoms with Gasteiger partial charge in [-0.1, -0.05) is 83.1 Å². The second-order valence-electron chi connectivity index (χ2n) is 11.6. The minimum Gasteiger partial charge on any atom is -0.508 e. The molecule has 0 spiro atoms. The molecule has 1 N–H and O–H groups in total. The zero-order valence-electron chi connectivity index (χ0n) is 21.2. The monoisotopic (exact) mass is 479 g/mol. The molecule has 2 aliphatic heterocycles. The summed E-state index contributed by atoms with van der Waals surface area (Å²) in [6.07, 6.45) is 0. The minimum atomic E-state index is -1.15. The molecule has 182 valence electrons. The molecular formula is C31H29NO4. The van der Waals surface area contributed by atoms with E-state index in [0.717, 1.165) is 32.7 Å². The Morgan fingerprint density at radius 3 is 1.94 bits per heavy atom. The number of hydrogen-bond acceptors (Lipinski definition) is 5. The van der Waals surface area contributed by atoms with Crippen molar-refractivity contribution in [1.82, 2.24) is 0 Å². The van der Waals surface area contributed by atoms with Crippen LogP contribution >= 0.6 is 0 Å². The topological polar surface area (TPSA) is 71.7 Å². The highest BCUT2D eigenvalue weighted by Crippen LogP contribution is 2.69. The van der Waals surface area contributed by atoms with Crippen molar-refractivity contribution >= 4 is 21.5 Å². The molecule has 6 rings (SSSR count). The molecule has 2 unspecified atom stereocenters. The van der Waals surface area contributed by atoms with Gasteiger partial charge >= 0.3 is 0 Å². The third kappa shape index (κ3) is 2.70. The summed E-state index contributed by atoms with van der Waals surface area (Å²) in [6.45, 7) is 11.1. The Hall–Kier alpha value is -3.43. The quantitative estimate of drug-likeness (QED) is 0.243. The van der Waals surface area contributed by atoms with E-state index in [1.54, 1.807) is 12.1 Å². The average molecular weight is 480 g/mol. The van der Waals surface area contributed by atoms with Crippen molar-refractivity contribution in [2.45, 2.75) is 46.0 Å². The van der Waals surface area contributed by atoms with Gasteiger partial charge < -0.3 is 9.84 Å². The van der Waals surface area contributed by atoms with Crippen LogP contribution in [0.2, 0.25) is 0 Å². The van der Waals surface area contributed by atoms with Gasteiger partial charge in [-0.15, -0.1) is 0 Å². The standard InChI is InChI=1S/C31H29NO4/c1-28(2,3)31-29(4,5)18-34-30(31,35-36-31)20-14-19(15-21(33)16-20)27-24-12-8-6-10-22(24)26(17-32)23-11-7-9-13-25(23)27/h6-16,33H,18H2,1-5H3. The fraction of sp³-hybridized carbons (Fsp3) is 0.323. The number of phenols is 1. The molecule has 2 fully saturated rings. The number of rotatable bonds is 2. The number of aromatic hydroxyl groups is 1. The predicted molar refractivity (Wildman–Crippen MR) is 139 cm³/mol. The number of fused-ring (bicyclic) bond motifs is 3. The van der Waals surface area contributed by atoms with Crippen LogP contribution in [0.1, 0.15) is 45.7 Å². The molecular weight excluding hydrogens is 450 g/mol. The Bertz CT molecular complexity index is 1540. The summed E-state index contributed by atoms with van der Waals surface area (Å²) in [4.78, 5) is 11.9. The Balaban J connectivity index is 1.66. The molecule has 2 saturated heterocycles. The lowest BCUT2D eigenvalue weighted by Gasteiger charge is -2.61. The summed E-state index contributed by atoms with van der Waals surface area (Å²) >= 11 is 0. The van der Waals surface area contributed by atoms with Gasteiger partial charge in [-0.3, -0.25) is 0 Å². The average Bonchev–Trinajstić information content (AvgIpc) is 2.97. The van der Waals surface area contributed by atoms with Crippen LogP contribution in [0.25, 0.3) is 32.7 Å². The zero-order valence-corrected chi connectivity index (χ0v) is 21.2. The van der Waals surface area contributed by atoms with Crippen molar-refractivity contribution < 1.29 is 19.6 Å². The van der Waals surface area contributed by atoms with Gasteiger partial charge in [0.1, 0.15) is 11.8 Å². The number of ether oxygens (including phenoxy) is 1. The number of nitriles is 1. The number of phenolic OH excluding ortho intramolecular Hbond substituents is 1. The van der Waals surface area contributed by atoms with E-state index in [0.29, 0.717) is 17.7 Å². The molecule has 0 aliphatic carbocycles. The zero-order chi connectivity index (χ0) is 25.5. The summed E-state index contributed by atoms with van der Waals surface area (Å²) in [5, 5.41) is 24.7. The van der Waals surface area contributed by atoms with Gasteiger partial charge in [0.2, 0.25) is 0 Å². The summed E-state index contributed by atoms with van der Waals surface area (Å²) in [7, 11) is 0. The van der Waals surface area contributed by atoms with E-state index in [2.05, 4.69) is 40.7 Å². The molecule has 4 aromatic rings. The summed E-state index contributed by atoms with van der Waals surface area (Å²) in [5.74, 6) is -1.04. The molecule has 2 atom stereocenters. The van der Waals surface area contributed by atoms with E-state index < -0.39 is 11.4 Å². The summed E-state index contributed by atoms with van der Waals surface area (Å²) < 4.78 is 6.43. The van der Waals surface area contributed by atoms with E-state index in [9.17, 15) is 10.4 Å². The van der Waals surface area contributed by atoms with E-state index in [1.165, 1.54) is 0 Å². The van der Waals surface area contributed by atoms with Gasteiger partial charge in [-0.25, -0.2) is 4.89 Å². The first-order valence-corrected chi connectivity index (χ1v) is 12.3. The first kappa shape index (κ1) is 23.0. The number of hydrogen-bond donors (Lipinski definition) is 1. The van der Waals surface area contributed by atoms with Gasteiger partial charge in [-0.2, -0.15) is 10.1 Å². The third-order valence-electron chi connectivity index (χ3n) is 8.02. The molecule has 0 radical (unpaired) electrons. The maximum atomic E-state index is 11.0. The molecule has 2 heterocycles. The molecule has 0 bridgehead atoms. The largest absolute Gasteiger partial charge is 0.508 e. The van der Waals surface area contributed by atoms with E-state index in [-0.39, 0.29) is 16.6 Å². The first-order chi connectivity index (χ1) is 17.1. The van der Waals surface area contributed by atoms with Gasteiger partial charge in [0.25, 0.3) is 5.79 Å². The van der Waals surface area contributed by atoms with Crippen molar-refractivity contribution in [3.63, 3.8) is 0 Å². The van der Waals surface area contributed by atoms with Crippen molar-refractivity contribution in [3.8, 4) is 22.9 Å². The van der Waals surface area contributed by atoms with Crippen molar-refractivity contribution in [1.29, 1.82) is 5.26 Å². The number of benzene rings is 4. The van der Waals surface area contributed by atoms with Crippen LogP contribution in [0.4, 0.5) is 0 Å². The lowest BCUT2D eigenvalue weighted by molar-refractivity contribution is -0.626. The predicted octanol–water partition coefficient (Wildman–Crippen LogP) is 7.19. The Morgan fingerprint density at radius 1 is 0.861 bits per heavy atom. The smallest absolute Gasteiger partial charge is 0.261 e. The lowest BCUT2D eigenvalue weighted by atomic mass is 9.57. The maximum Gasteiger partial charge on any atom is 0.261 e. The van der Waals surface area contributed by atoms with Gasteiger partial charge in [-0.05, 0) is 40.1 Å². The Labute approximate surface area is 210 Å². The normalized spacial score (nSPS) is 24.9. The third-order valence-corrected chi connectivity index (χ3v) is 8.02. The molecule has 5 nitrogen and oxygen atoms in total. The van der Waals surface area contributed by atoms with Crippen LogP contribution in [-0.2, 0) is 20.3 Å². The van der Waals surface area contributed by atoms with Crippen molar-refractivity contribution in [3.05, 3.63) is 77.9 Å². The van der Waals surface area contributed by atoms with Crippen LogP contribution < -0.4 is 0 Å². The van der Waals surface area contributed by atoms with Crippen LogP contribution in [-0.4, -0.2) is 17.3 Å². The summed E-state index contributed by atoms with van der Waals surface area (Å²) in [5.41, 5.74) is 1.73. The molecule has 36 heavy (non-hydrogen) atoms. The van der Waals surface area contributed by atoms with E-state index in [4.69, 9.17) is 14.5 Å². The van der Waals surface area contributed by atoms with Crippen molar-refractivity contribution in [2.24, 2.45) is 10.8 Å². The highest BCUT2D eigenvalue weighted by molar-refractivity contribution is 6.16. The molecule has 2 aliphatic rings. The Morgan fingerprint density at radius 2 is 1.44 bits per heavy atom. The molecule has 0 amide bonds. The second-order valence-corrected chi connectivity index (χ2v) is 11.6. The van der Waals surface area contributed by atoms with Crippen molar-refractivity contribution in [2.75, 3.05) is 6.61 Å². The minimum absolute atomic E-state index is 0.112. The lowest BCUT2D eigenvalue weighted by Crippen LogP contribution is -2.73. The molecule has 0 saturated carbocycles. The fourth-order valence-corrected chi connectivity index (χ4v) is 6.74. The van der Waals surface area contributed by atoms with Gasteiger partial charge in [0.15, 0.2) is 5.60 Å². The number of nitrogens with zero attached hydrogens (tertiary/aromatic N) is 1. The maximum absolute atomic E-state index is 11.0. The van der Waals surface area contributed by atoms with Gasteiger partial charge in [0.05, 0.1) is 12.2 Å². The van der Waals surface area contributed by atoms with Crippen LogP contribution in [0, 0.1) is 22.2 Å². The van der Waals surface area contributed by atoms with Gasteiger partial charge in [0, 0.05) is 27.2 Å². The van der Waals surface area contributed by atoms with Crippen LogP contribution in [0.3, 0.4) is 0 Å². The van der Waals surface area contributed by atoms with E-state index in [1.807, 2.05) is 54.6 Å². The van der Waals surface area contributed by atoms with Crippen LogP contribution in [0.15, 0.2) is 66.7 Å². The summed E-state index contributed by atoms with van der Waals surface area (Å²) in [6, 6.07) is 23.7. The second kappa shape index (κ2) is 7.30. The molecule has 5 heteroatoms. The van der Waals surface area contributed by atoms with E-state index >= 15 is 0 Å². The highest BCUT2D eigenvalue weighted by Gasteiger charge is 2.81. The molecule has 4 aromatic carbocycles. The molecule has 0 aromatic heterocycles. The first-order valence-electron chi connectivity index (χ1n) is 12.3. The Kier molecular flexibility index (Phi) is 4.66. The SMILES string of the molecule is CC(C)(C)C12OOC1(c1cc(O)cc(-c3c4ccccc4c(C#N)c4ccccc34)c1)OCC2(C)C. The highest BCUT2D eigenvalue weighted by atomic mass is 17.3.